The second kappa shape index (κ2) is 11.3. The summed E-state index contributed by atoms with van der Waals surface area (Å²) in [6.45, 7) is 4.83. The molecule has 7 nitrogen and oxygen atoms in total. The highest BCUT2D eigenvalue weighted by Gasteiger charge is 2.58. The van der Waals surface area contributed by atoms with Crippen molar-refractivity contribution in [3.8, 4) is 11.3 Å². The van der Waals surface area contributed by atoms with Gasteiger partial charge in [-0.1, -0.05) is 51.1 Å². The normalized spacial score (nSPS) is 22.9. The first-order valence-electron chi connectivity index (χ1n) is 13.9. The number of pyridine rings is 1. The molecule has 1 aromatic heterocycles. The molecule has 1 aromatic carbocycles. The quantitative estimate of drug-likeness (QED) is 0.393. The predicted octanol–water partition coefficient (Wildman–Crippen LogP) is 5.07. The van der Waals surface area contributed by atoms with E-state index in [0.29, 0.717) is 29.7 Å². The van der Waals surface area contributed by atoms with E-state index in [4.69, 9.17) is 11.5 Å². The van der Waals surface area contributed by atoms with Gasteiger partial charge in [0.1, 0.15) is 6.04 Å². The number of carbonyl (C=O) groups is 3. The Morgan fingerprint density at radius 3 is 2.17 bits per heavy atom. The number of alkyl halides is 5. The first kappa shape index (κ1) is 31.5. The van der Waals surface area contributed by atoms with Crippen molar-refractivity contribution in [1.29, 1.82) is 0 Å². The van der Waals surface area contributed by atoms with Gasteiger partial charge in [-0.05, 0) is 54.7 Å². The van der Waals surface area contributed by atoms with Crippen LogP contribution in [-0.2, 0) is 19.8 Å². The summed E-state index contributed by atoms with van der Waals surface area (Å²) in [5.74, 6) is -8.37. The van der Waals surface area contributed by atoms with Crippen molar-refractivity contribution in [2.24, 2.45) is 23.3 Å². The lowest BCUT2D eigenvalue weighted by Crippen LogP contribution is -2.62. The number of carbonyl (C=O) groups excluding carboxylic acids is 3. The molecule has 12 heteroatoms. The number of hydrogen-bond acceptors (Lipinski definition) is 5. The van der Waals surface area contributed by atoms with Crippen LogP contribution < -0.4 is 11.5 Å². The summed E-state index contributed by atoms with van der Waals surface area (Å²) in [4.78, 5) is 42.9. The van der Waals surface area contributed by atoms with Gasteiger partial charge in [0.05, 0.1) is 17.2 Å². The topological polar surface area (TPSA) is 119 Å². The maximum Gasteiger partial charge on any atom is 0.413 e. The molecule has 1 heterocycles. The molecule has 1 unspecified atom stereocenters. The maximum absolute atomic E-state index is 14.8. The van der Waals surface area contributed by atoms with E-state index in [9.17, 15) is 36.3 Å². The molecular weight excluding hydrogens is 559 g/mol. The fraction of sp³-hybridized carbons (Fsp3) is 0.533. The summed E-state index contributed by atoms with van der Waals surface area (Å²) in [6, 6.07) is 2.20. The van der Waals surface area contributed by atoms with E-state index in [0.717, 1.165) is 12.1 Å². The lowest BCUT2D eigenvalue weighted by Gasteiger charge is -2.45. The summed E-state index contributed by atoms with van der Waals surface area (Å²) in [7, 11) is 0. The smallest absolute Gasteiger partial charge is 0.369 e. The van der Waals surface area contributed by atoms with Gasteiger partial charge in [0.25, 0.3) is 0 Å². The highest BCUT2D eigenvalue weighted by Crippen LogP contribution is 2.48. The van der Waals surface area contributed by atoms with Crippen LogP contribution in [0.2, 0.25) is 0 Å². The van der Waals surface area contributed by atoms with Crippen LogP contribution in [0.3, 0.4) is 0 Å². The second-order valence-electron chi connectivity index (χ2n) is 12.0. The second-order valence-corrected chi connectivity index (χ2v) is 12.0. The van der Waals surface area contributed by atoms with Crippen LogP contribution in [0.4, 0.5) is 22.0 Å². The Balaban J connectivity index is 1.74. The van der Waals surface area contributed by atoms with Crippen molar-refractivity contribution >= 4 is 17.6 Å². The Bertz CT molecular complexity index is 1320. The number of primary amides is 1. The SMILES string of the molecule is CC(C)C[C@H](N)C(=O)N([C@@H]1C(=O)C(F)(F)CCC1C)[C@@H](c1ccc(-c2ccc(C3(C(N)=O)CC3)cn2)cc1)C(F)(F)F. The number of ketones is 1. The first-order valence-corrected chi connectivity index (χ1v) is 13.9. The Kier molecular flexibility index (Phi) is 8.52. The van der Waals surface area contributed by atoms with Crippen molar-refractivity contribution in [3.05, 3.63) is 53.7 Å². The van der Waals surface area contributed by atoms with E-state index in [2.05, 4.69) is 4.98 Å². The third-order valence-electron chi connectivity index (χ3n) is 8.33. The fourth-order valence-corrected chi connectivity index (χ4v) is 5.78. The molecule has 2 aliphatic carbocycles. The standard InChI is InChI=1S/C30H35F5N4O3/c1-16(2)14-21(36)26(41)39(23-17(3)10-11-29(31,32)25(23)40)24(30(33,34)35)19-6-4-18(5-7-19)22-9-8-20(15-38-22)28(12-13-28)27(37)42/h4-9,15-17,21,23-24H,10-14,36H2,1-3H3,(H2,37,42)/t17?,21-,23-,24-/m0/s1. The minimum absolute atomic E-state index is 0.00321. The number of aromatic nitrogens is 1. The molecule has 2 amide bonds. The molecule has 0 aliphatic heterocycles. The minimum atomic E-state index is -5.12. The molecule has 2 fully saturated rings. The van der Waals surface area contributed by atoms with Crippen molar-refractivity contribution in [2.45, 2.75) is 88.5 Å². The number of rotatable bonds is 9. The molecule has 0 radical (unpaired) electrons. The molecule has 0 bridgehead atoms. The van der Waals surface area contributed by atoms with Crippen LogP contribution in [-0.4, -0.2) is 51.7 Å². The number of hydrogen-bond donors (Lipinski definition) is 2. The number of benzene rings is 1. The van der Waals surface area contributed by atoms with Crippen LogP contribution in [0.1, 0.15) is 70.0 Å². The van der Waals surface area contributed by atoms with Crippen LogP contribution in [0.5, 0.6) is 0 Å². The molecular formula is C30H35F5N4O3. The zero-order valence-corrected chi connectivity index (χ0v) is 23.6. The van der Waals surface area contributed by atoms with E-state index < -0.39 is 71.1 Å². The Morgan fingerprint density at radius 1 is 1.07 bits per heavy atom. The van der Waals surface area contributed by atoms with Gasteiger partial charge in [-0.3, -0.25) is 19.4 Å². The number of halogens is 5. The van der Waals surface area contributed by atoms with Crippen LogP contribution in [0.25, 0.3) is 11.3 Å². The zero-order chi connectivity index (χ0) is 31.2. The van der Waals surface area contributed by atoms with Gasteiger partial charge in [0.2, 0.25) is 17.6 Å². The predicted molar refractivity (Wildman–Crippen MR) is 145 cm³/mol. The molecule has 0 saturated heterocycles. The van der Waals surface area contributed by atoms with E-state index in [-0.39, 0.29) is 23.7 Å². The average Bonchev–Trinajstić information content (AvgIpc) is 3.72. The monoisotopic (exact) mass is 594 g/mol. The zero-order valence-electron chi connectivity index (χ0n) is 23.6. The molecule has 0 spiro atoms. The van der Waals surface area contributed by atoms with E-state index >= 15 is 0 Å². The minimum Gasteiger partial charge on any atom is -0.369 e. The third-order valence-corrected chi connectivity index (χ3v) is 8.33. The highest BCUT2D eigenvalue weighted by molar-refractivity contribution is 5.96. The Labute approximate surface area is 240 Å². The number of nitrogens with two attached hydrogens (primary N) is 2. The number of amides is 2. The summed E-state index contributed by atoms with van der Waals surface area (Å²) in [5, 5.41) is 0. The lowest BCUT2D eigenvalue weighted by atomic mass is 9.80. The summed E-state index contributed by atoms with van der Waals surface area (Å²) in [6.07, 6.45) is -3.43. The summed E-state index contributed by atoms with van der Waals surface area (Å²) < 4.78 is 73.6. The molecule has 4 atom stereocenters. The van der Waals surface area contributed by atoms with Crippen molar-refractivity contribution in [2.75, 3.05) is 0 Å². The third kappa shape index (κ3) is 6.04. The Hall–Kier alpha value is -3.41. The van der Waals surface area contributed by atoms with E-state index in [1.807, 2.05) is 0 Å². The average molecular weight is 595 g/mol. The van der Waals surface area contributed by atoms with Gasteiger partial charge in [0.15, 0.2) is 6.04 Å². The van der Waals surface area contributed by atoms with Crippen molar-refractivity contribution in [1.82, 2.24) is 9.88 Å². The number of Topliss-reactive ketones (excluding diaryl/α,β-unsaturated/α-hetero) is 1. The first-order chi connectivity index (χ1) is 19.5. The van der Waals surface area contributed by atoms with Crippen LogP contribution >= 0.6 is 0 Å². The maximum atomic E-state index is 14.8. The fourth-order valence-electron chi connectivity index (χ4n) is 5.78. The Morgan fingerprint density at radius 2 is 1.69 bits per heavy atom. The molecule has 2 saturated carbocycles. The van der Waals surface area contributed by atoms with Gasteiger partial charge in [-0.15, -0.1) is 0 Å². The van der Waals surface area contributed by atoms with Gasteiger partial charge < -0.3 is 16.4 Å². The molecule has 2 aliphatic rings. The van der Waals surface area contributed by atoms with Crippen molar-refractivity contribution < 1.29 is 36.3 Å². The van der Waals surface area contributed by atoms with E-state index in [1.54, 1.807) is 26.0 Å². The number of nitrogens with zero attached hydrogens (tertiary/aromatic N) is 2. The molecule has 4 N–H and O–H groups in total. The molecule has 228 valence electrons. The summed E-state index contributed by atoms with van der Waals surface area (Å²) in [5.41, 5.74) is 11.9. The van der Waals surface area contributed by atoms with Gasteiger partial charge in [0, 0.05) is 18.2 Å². The van der Waals surface area contributed by atoms with Gasteiger partial charge >= 0.3 is 12.1 Å². The summed E-state index contributed by atoms with van der Waals surface area (Å²) >= 11 is 0. The van der Waals surface area contributed by atoms with Crippen molar-refractivity contribution in [3.63, 3.8) is 0 Å². The molecule has 42 heavy (non-hydrogen) atoms. The molecule has 2 aromatic rings. The van der Waals surface area contributed by atoms with E-state index in [1.165, 1.54) is 25.3 Å². The highest BCUT2D eigenvalue weighted by atomic mass is 19.4. The van der Waals surface area contributed by atoms with Crippen LogP contribution in [0.15, 0.2) is 42.6 Å². The van der Waals surface area contributed by atoms with Gasteiger partial charge in [-0.2, -0.15) is 22.0 Å². The van der Waals surface area contributed by atoms with Gasteiger partial charge in [-0.25, -0.2) is 0 Å². The largest absolute Gasteiger partial charge is 0.413 e. The lowest BCUT2D eigenvalue weighted by molar-refractivity contribution is -0.206. The van der Waals surface area contributed by atoms with Crippen LogP contribution in [0, 0.1) is 11.8 Å². The molecule has 4 rings (SSSR count).